The lowest BCUT2D eigenvalue weighted by Crippen LogP contribution is -2.01. The van der Waals surface area contributed by atoms with E-state index in [0.717, 1.165) is 0 Å². The van der Waals surface area contributed by atoms with Crippen LogP contribution in [0, 0.1) is 5.82 Å². The molecule has 0 aliphatic carbocycles. The lowest BCUT2D eigenvalue weighted by Gasteiger charge is -2.16. The molecule has 1 unspecified atom stereocenters. The van der Waals surface area contributed by atoms with E-state index in [-0.39, 0.29) is 5.82 Å². The summed E-state index contributed by atoms with van der Waals surface area (Å²) in [7, 11) is 3.11. The van der Waals surface area contributed by atoms with Gasteiger partial charge in [-0.3, -0.25) is 0 Å². The molecule has 0 aliphatic rings. The third kappa shape index (κ3) is 2.91. The average Bonchev–Trinajstić information content (AvgIpc) is 2.48. The fraction of sp³-hybridized carbons (Fsp3) is 0.200. The molecule has 0 saturated carbocycles. The second kappa shape index (κ2) is 6.46. The third-order valence-corrected chi connectivity index (χ3v) is 4.05. The van der Waals surface area contributed by atoms with Crippen LogP contribution in [0.25, 0.3) is 0 Å². The van der Waals surface area contributed by atoms with E-state index in [4.69, 9.17) is 21.1 Å². The van der Waals surface area contributed by atoms with Crippen LogP contribution in [0.3, 0.4) is 0 Å². The van der Waals surface area contributed by atoms with E-state index >= 15 is 0 Å². The molecule has 106 valence electrons. The van der Waals surface area contributed by atoms with E-state index in [0.29, 0.717) is 27.1 Å². The minimum Gasteiger partial charge on any atom is -0.497 e. The summed E-state index contributed by atoms with van der Waals surface area (Å²) < 4.78 is 25.0. The summed E-state index contributed by atoms with van der Waals surface area (Å²) in [4.78, 5) is 0. The molecule has 0 amide bonds. The topological polar surface area (TPSA) is 18.5 Å². The molecule has 0 N–H and O–H groups in total. The summed E-state index contributed by atoms with van der Waals surface area (Å²) in [6.07, 6.45) is 0. The molecule has 2 nitrogen and oxygen atoms in total. The number of alkyl halides is 1. The van der Waals surface area contributed by atoms with Crippen molar-refractivity contribution in [2.24, 2.45) is 0 Å². The van der Waals surface area contributed by atoms with Crippen molar-refractivity contribution in [2.75, 3.05) is 14.2 Å². The van der Waals surface area contributed by atoms with Crippen molar-refractivity contribution >= 4 is 27.5 Å². The molecule has 20 heavy (non-hydrogen) atoms. The first kappa shape index (κ1) is 15.1. The van der Waals surface area contributed by atoms with Crippen LogP contribution >= 0.6 is 27.5 Å². The molecule has 0 radical (unpaired) electrons. The smallest absolute Gasteiger partial charge is 0.142 e. The monoisotopic (exact) mass is 358 g/mol. The first-order valence-corrected chi connectivity index (χ1v) is 7.11. The van der Waals surface area contributed by atoms with Gasteiger partial charge in [0.25, 0.3) is 0 Å². The third-order valence-electron chi connectivity index (χ3n) is 2.96. The Morgan fingerprint density at radius 3 is 2.50 bits per heavy atom. The highest BCUT2D eigenvalue weighted by molar-refractivity contribution is 9.10. The predicted molar refractivity (Wildman–Crippen MR) is 81.3 cm³/mol. The van der Waals surface area contributed by atoms with Crippen molar-refractivity contribution in [1.29, 1.82) is 0 Å². The predicted octanol–water partition coefficient (Wildman–Crippen LogP) is 4.93. The fourth-order valence-electron chi connectivity index (χ4n) is 1.92. The minimum absolute atomic E-state index is 0.377. The molecule has 2 rings (SSSR count). The maximum absolute atomic E-state index is 14.2. The van der Waals surface area contributed by atoms with Crippen molar-refractivity contribution in [2.45, 2.75) is 5.38 Å². The van der Waals surface area contributed by atoms with Crippen LogP contribution in [0.2, 0.25) is 0 Å². The zero-order valence-electron chi connectivity index (χ0n) is 11.0. The Kier molecular flexibility index (Phi) is 4.89. The second-order valence-electron chi connectivity index (χ2n) is 4.11. The number of hydrogen-bond donors (Lipinski definition) is 0. The van der Waals surface area contributed by atoms with Gasteiger partial charge in [-0.1, -0.05) is 12.1 Å². The number of ether oxygens (including phenoxy) is 2. The van der Waals surface area contributed by atoms with Gasteiger partial charge in [0.15, 0.2) is 0 Å². The molecular formula is C15H13BrClFO2. The molecule has 2 aromatic carbocycles. The molecular weight excluding hydrogens is 347 g/mol. The van der Waals surface area contributed by atoms with Crippen LogP contribution in [0.4, 0.5) is 4.39 Å². The molecule has 0 saturated heterocycles. The largest absolute Gasteiger partial charge is 0.497 e. The molecule has 0 aromatic heterocycles. The van der Waals surface area contributed by atoms with E-state index in [1.807, 2.05) is 0 Å². The number of methoxy groups -OCH3 is 2. The Balaban J connectivity index is 2.51. The summed E-state index contributed by atoms with van der Waals surface area (Å²) in [5.41, 5.74) is 1.04. The van der Waals surface area contributed by atoms with Gasteiger partial charge in [-0.05, 0) is 40.2 Å². The summed E-state index contributed by atoms with van der Waals surface area (Å²) in [6, 6.07) is 10.3. The second-order valence-corrected chi connectivity index (χ2v) is 5.40. The van der Waals surface area contributed by atoms with E-state index in [1.54, 1.807) is 50.6 Å². The van der Waals surface area contributed by atoms with Gasteiger partial charge in [0, 0.05) is 11.1 Å². The minimum atomic E-state index is -0.669. The Bertz CT molecular complexity index is 619. The highest BCUT2D eigenvalue weighted by atomic mass is 79.9. The molecule has 2 aromatic rings. The Morgan fingerprint density at radius 2 is 1.85 bits per heavy atom. The van der Waals surface area contributed by atoms with Crippen LogP contribution in [0.15, 0.2) is 40.9 Å². The fourth-order valence-corrected chi connectivity index (χ4v) is 2.64. The van der Waals surface area contributed by atoms with Gasteiger partial charge in [0.2, 0.25) is 0 Å². The highest BCUT2D eigenvalue weighted by Gasteiger charge is 2.21. The lowest BCUT2D eigenvalue weighted by atomic mass is 10.0. The van der Waals surface area contributed by atoms with Crippen LogP contribution < -0.4 is 9.47 Å². The molecule has 0 spiro atoms. The summed E-state index contributed by atoms with van der Waals surface area (Å²) in [6.45, 7) is 0. The van der Waals surface area contributed by atoms with Crippen molar-refractivity contribution in [3.05, 3.63) is 57.8 Å². The first-order chi connectivity index (χ1) is 9.58. The normalized spacial score (nSPS) is 12.1. The Hall–Kier alpha value is -1.26. The lowest BCUT2D eigenvalue weighted by molar-refractivity contribution is 0.399. The van der Waals surface area contributed by atoms with Crippen LogP contribution in [0.1, 0.15) is 16.5 Å². The number of halogens is 3. The van der Waals surface area contributed by atoms with Crippen molar-refractivity contribution in [1.82, 2.24) is 0 Å². The van der Waals surface area contributed by atoms with E-state index in [9.17, 15) is 4.39 Å². The highest BCUT2D eigenvalue weighted by Crippen LogP contribution is 2.39. The number of rotatable bonds is 4. The maximum Gasteiger partial charge on any atom is 0.142 e. The van der Waals surface area contributed by atoms with E-state index < -0.39 is 5.38 Å². The maximum atomic E-state index is 14.2. The summed E-state index contributed by atoms with van der Waals surface area (Å²) >= 11 is 9.59. The summed E-state index contributed by atoms with van der Waals surface area (Å²) in [5.74, 6) is 0.851. The van der Waals surface area contributed by atoms with Crippen LogP contribution in [-0.2, 0) is 0 Å². The van der Waals surface area contributed by atoms with Gasteiger partial charge in [-0.25, -0.2) is 4.39 Å². The van der Waals surface area contributed by atoms with Crippen molar-refractivity contribution in [3.63, 3.8) is 0 Å². The molecule has 0 aliphatic heterocycles. The van der Waals surface area contributed by atoms with Crippen molar-refractivity contribution < 1.29 is 13.9 Å². The van der Waals surface area contributed by atoms with Gasteiger partial charge < -0.3 is 9.47 Å². The number of hydrogen-bond acceptors (Lipinski definition) is 2. The van der Waals surface area contributed by atoms with E-state index in [1.165, 1.54) is 0 Å². The average molecular weight is 360 g/mol. The Morgan fingerprint density at radius 1 is 1.10 bits per heavy atom. The molecule has 5 heteroatoms. The van der Waals surface area contributed by atoms with Crippen LogP contribution in [0.5, 0.6) is 11.5 Å². The van der Waals surface area contributed by atoms with Crippen molar-refractivity contribution in [3.8, 4) is 11.5 Å². The molecule has 0 bridgehead atoms. The van der Waals surface area contributed by atoms with Gasteiger partial charge in [0.1, 0.15) is 17.3 Å². The molecule has 0 fully saturated rings. The van der Waals surface area contributed by atoms with Gasteiger partial charge >= 0.3 is 0 Å². The quantitative estimate of drug-likeness (QED) is 0.720. The first-order valence-electron chi connectivity index (χ1n) is 5.88. The van der Waals surface area contributed by atoms with Gasteiger partial charge in [0.05, 0.1) is 24.1 Å². The SMILES string of the molecule is COc1ccc(OC)c(C(Cl)c2cccc(Br)c2F)c1. The zero-order valence-corrected chi connectivity index (χ0v) is 13.3. The summed E-state index contributed by atoms with van der Waals surface area (Å²) in [5, 5.41) is -0.669. The van der Waals surface area contributed by atoms with Gasteiger partial charge in [-0.15, -0.1) is 11.6 Å². The van der Waals surface area contributed by atoms with E-state index in [2.05, 4.69) is 15.9 Å². The molecule has 1 atom stereocenters. The standard InChI is InChI=1S/C15H13BrClFO2/c1-19-9-6-7-13(20-2)11(8-9)14(17)10-4-3-5-12(16)15(10)18/h3-8,14H,1-2H3. The number of benzene rings is 2. The Labute approximate surface area is 130 Å². The zero-order chi connectivity index (χ0) is 14.7. The van der Waals surface area contributed by atoms with Crippen LogP contribution in [-0.4, -0.2) is 14.2 Å². The van der Waals surface area contributed by atoms with Gasteiger partial charge in [-0.2, -0.15) is 0 Å². The molecule has 0 heterocycles.